The monoisotopic (exact) mass is 390 g/mol. The highest BCUT2D eigenvalue weighted by atomic mass is 16.5. The largest absolute Gasteiger partial charge is 0.366 e. The van der Waals surface area contributed by atoms with E-state index in [1.54, 1.807) is 0 Å². The van der Waals surface area contributed by atoms with Crippen molar-refractivity contribution in [2.45, 2.75) is 38.1 Å². The summed E-state index contributed by atoms with van der Waals surface area (Å²) in [6.45, 7) is 3.44. The van der Waals surface area contributed by atoms with Gasteiger partial charge in [-0.2, -0.15) is 0 Å². The predicted octanol–water partition coefficient (Wildman–Crippen LogP) is 2.56. The van der Waals surface area contributed by atoms with Crippen LogP contribution in [0.2, 0.25) is 0 Å². The number of hydrogen-bond donors (Lipinski definition) is 1. The average molecular weight is 390 g/mol. The van der Waals surface area contributed by atoms with Gasteiger partial charge in [-0.25, -0.2) is 0 Å². The molecule has 3 heterocycles. The summed E-state index contributed by atoms with van der Waals surface area (Å²) in [4.78, 5) is 19.3. The summed E-state index contributed by atoms with van der Waals surface area (Å²) in [5.41, 5.74) is 3.60. The molecule has 2 fully saturated rings. The number of pyridine rings is 1. The van der Waals surface area contributed by atoms with Gasteiger partial charge in [-0.3, -0.25) is 9.78 Å². The molecular weight excluding hydrogens is 364 g/mol. The second-order valence-corrected chi connectivity index (χ2v) is 7.92. The van der Waals surface area contributed by atoms with Gasteiger partial charge >= 0.3 is 0 Å². The maximum atomic E-state index is 13.2. The van der Waals surface area contributed by atoms with Gasteiger partial charge in [0, 0.05) is 61.7 Å². The fraction of sp³-hybridized carbons (Fsp3) is 0.391. The Balaban J connectivity index is 1.43. The molecule has 0 spiro atoms. The first-order chi connectivity index (χ1) is 14.3. The molecule has 1 saturated carbocycles. The van der Waals surface area contributed by atoms with E-state index in [2.05, 4.69) is 45.3 Å². The number of benzene rings is 1. The Morgan fingerprint density at radius 3 is 2.79 bits per heavy atom. The zero-order valence-corrected chi connectivity index (χ0v) is 16.5. The molecule has 6 heteroatoms. The second kappa shape index (κ2) is 7.97. The molecule has 1 amide bonds. The van der Waals surface area contributed by atoms with Crippen LogP contribution >= 0.6 is 0 Å². The van der Waals surface area contributed by atoms with Crippen LogP contribution in [0.25, 0.3) is 10.9 Å². The number of para-hydroxylation sites is 1. The lowest BCUT2D eigenvalue weighted by Gasteiger charge is -2.30. The zero-order chi connectivity index (χ0) is 19.6. The van der Waals surface area contributed by atoms with E-state index >= 15 is 0 Å². The molecule has 29 heavy (non-hydrogen) atoms. The van der Waals surface area contributed by atoms with Crippen molar-refractivity contribution < 1.29 is 9.53 Å². The number of fused-ring (bicyclic) bond motifs is 1. The third-order valence-electron chi connectivity index (χ3n) is 5.79. The summed E-state index contributed by atoms with van der Waals surface area (Å²) in [7, 11) is 0. The molecule has 1 aromatic carbocycles. The molecule has 1 atom stereocenters. The molecule has 2 aromatic heterocycles. The molecule has 2 aliphatic rings. The van der Waals surface area contributed by atoms with Gasteiger partial charge < -0.3 is 19.5 Å². The summed E-state index contributed by atoms with van der Waals surface area (Å²) < 4.78 is 8.02. The fourth-order valence-corrected chi connectivity index (χ4v) is 4.13. The first kappa shape index (κ1) is 18.3. The molecule has 0 radical (unpaired) electrons. The third-order valence-corrected chi connectivity index (χ3v) is 5.79. The zero-order valence-electron chi connectivity index (χ0n) is 16.5. The lowest BCUT2D eigenvalue weighted by atomic mass is 10.1. The van der Waals surface area contributed by atoms with Crippen LogP contribution in [0.15, 0.2) is 55.0 Å². The molecule has 1 unspecified atom stereocenters. The van der Waals surface area contributed by atoms with Crippen molar-refractivity contribution >= 4 is 16.8 Å². The summed E-state index contributed by atoms with van der Waals surface area (Å²) in [5, 5.41) is 4.48. The minimum Gasteiger partial charge on any atom is -0.366 e. The maximum absolute atomic E-state index is 13.2. The summed E-state index contributed by atoms with van der Waals surface area (Å²) >= 11 is 0. The Hall–Kier alpha value is -2.70. The molecular formula is C23H26N4O2. The van der Waals surface area contributed by atoms with E-state index in [9.17, 15) is 4.79 Å². The van der Waals surface area contributed by atoms with Gasteiger partial charge in [-0.05, 0) is 42.2 Å². The molecule has 1 aliphatic heterocycles. The van der Waals surface area contributed by atoms with Crippen LogP contribution < -0.4 is 5.32 Å². The van der Waals surface area contributed by atoms with Gasteiger partial charge in [0.15, 0.2) is 0 Å². The minimum atomic E-state index is -0.366. The van der Waals surface area contributed by atoms with Gasteiger partial charge in [-0.15, -0.1) is 0 Å². The van der Waals surface area contributed by atoms with Gasteiger partial charge in [0.2, 0.25) is 0 Å². The number of nitrogens with one attached hydrogen (secondary N) is 1. The maximum Gasteiger partial charge on any atom is 0.253 e. The van der Waals surface area contributed by atoms with Gasteiger partial charge in [0.25, 0.3) is 5.91 Å². The molecule has 3 aromatic rings. The summed E-state index contributed by atoms with van der Waals surface area (Å²) in [5.74, 6) is 0.116. The number of aromatic nitrogens is 2. The number of carbonyl (C=O) groups excluding carboxylic acids is 1. The summed E-state index contributed by atoms with van der Waals surface area (Å²) in [6.07, 6.45) is 7.66. The van der Waals surface area contributed by atoms with E-state index in [0.717, 1.165) is 25.9 Å². The fourth-order valence-electron chi connectivity index (χ4n) is 4.13. The average Bonchev–Trinajstić information content (AvgIpc) is 3.57. The van der Waals surface area contributed by atoms with Crippen molar-refractivity contribution in [3.05, 3.63) is 66.1 Å². The first-order valence-electron chi connectivity index (χ1n) is 10.4. The number of carbonyl (C=O) groups is 1. The van der Waals surface area contributed by atoms with Gasteiger partial charge in [0.05, 0.1) is 6.61 Å². The first-order valence-corrected chi connectivity index (χ1v) is 10.4. The SMILES string of the molecule is O=C(C1CNCCO1)N(Cc1cn(Cc2ccncc2)c2ccccc12)C1CC1. The number of morpholine rings is 1. The number of hydrogen-bond acceptors (Lipinski definition) is 4. The second-order valence-electron chi connectivity index (χ2n) is 7.92. The van der Waals surface area contributed by atoms with Crippen LogP contribution in [0, 0.1) is 0 Å². The van der Waals surface area contributed by atoms with E-state index in [4.69, 9.17) is 4.74 Å². The van der Waals surface area contributed by atoms with E-state index in [0.29, 0.717) is 25.7 Å². The van der Waals surface area contributed by atoms with Crippen molar-refractivity contribution in [1.29, 1.82) is 0 Å². The Morgan fingerprint density at radius 2 is 2.03 bits per heavy atom. The lowest BCUT2D eigenvalue weighted by molar-refractivity contribution is -0.146. The van der Waals surface area contributed by atoms with Crippen LogP contribution in [-0.4, -0.2) is 52.2 Å². The van der Waals surface area contributed by atoms with E-state index in [-0.39, 0.29) is 12.0 Å². The van der Waals surface area contributed by atoms with E-state index < -0.39 is 0 Å². The summed E-state index contributed by atoms with van der Waals surface area (Å²) in [6, 6.07) is 12.9. The van der Waals surface area contributed by atoms with Crippen LogP contribution in [0.1, 0.15) is 24.0 Å². The number of ether oxygens (including phenoxy) is 1. The van der Waals surface area contributed by atoms with E-state index in [1.165, 1.54) is 22.0 Å². The third kappa shape index (κ3) is 3.91. The topological polar surface area (TPSA) is 59.4 Å². The Kier molecular flexibility index (Phi) is 5.04. The van der Waals surface area contributed by atoms with Crippen LogP contribution in [0.5, 0.6) is 0 Å². The molecule has 150 valence electrons. The van der Waals surface area contributed by atoms with Crippen molar-refractivity contribution in [1.82, 2.24) is 19.8 Å². The highest BCUT2D eigenvalue weighted by Gasteiger charge is 2.37. The Labute approximate surface area is 170 Å². The highest BCUT2D eigenvalue weighted by Crippen LogP contribution is 2.32. The van der Waals surface area contributed by atoms with Crippen molar-refractivity contribution in [2.24, 2.45) is 0 Å². The Morgan fingerprint density at radius 1 is 1.21 bits per heavy atom. The smallest absolute Gasteiger partial charge is 0.253 e. The lowest BCUT2D eigenvalue weighted by Crippen LogP contribution is -2.49. The normalized spacial score (nSPS) is 19.4. The standard InChI is InChI=1S/C23H26N4O2/c28-23(22-13-25-11-12-29-22)27(19-5-6-19)16-18-15-26(14-17-7-9-24-10-8-17)21-4-2-1-3-20(18)21/h1-4,7-10,15,19,22,25H,5-6,11-14,16H2. The molecule has 6 nitrogen and oxygen atoms in total. The van der Waals surface area contributed by atoms with Crippen molar-refractivity contribution in [3.8, 4) is 0 Å². The quantitative estimate of drug-likeness (QED) is 0.703. The molecule has 5 rings (SSSR count). The van der Waals surface area contributed by atoms with Crippen LogP contribution in [0.3, 0.4) is 0 Å². The van der Waals surface area contributed by atoms with Crippen molar-refractivity contribution in [3.63, 3.8) is 0 Å². The number of rotatable bonds is 6. The van der Waals surface area contributed by atoms with Crippen LogP contribution in [-0.2, 0) is 22.6 Å². The molecule has 1 N–H and O–H groups in total. The Bertz CT molecular complexity index is 991. The molecule has 1 aliphatic carbocycles. The van der Waals surface area contributed by atoms with Gasteiger partial charge in [0.1, 0.15) is 6.10 Å². The minimum absolute atomic E-state index is 0.116. The molecule has 1 saturated heterocycles. The molecule has 0 bridgehead atoms. The van der Waals surface area contributed by atoms with Crippen molar-refractivity contribution in [2.75, 3.05) is 19.7 Å². The van der Waals surface area contributed by atoms with Gasteiger partial charge in [-0.1, -0.05) is 18.2 Å². The number of amides is 1. The number of nitrogens with zero attached hydrogens (tertiary/aromatic N) is 3. The van der Waals surface area contributed by atoms with E-state index in [1.807, 2.05) is 29.4 Å². The highest BCUT2D eigenvalue weighted by molar-refractivity contribution is 5.86. The van der Waals surface area contributed by atoms with Crippen LogP contribution in [0.4, 0.5) is 0 Å². The predicted molar refractivity (Wildman–Crippen MR) is 111 cm³/mol.